The molecule has 0 saturated heterocycles. The number of amides is 1. The molecule has 21 heavy (non-hydrogen) atoms. The van der Waals surface area contributed by atoms with Crippen LogP contribution < -0.4 is 5.32 Å². The van der Waals surface area contributed by atoms with Crippen LogP contribution in [0.5, 0.6) is 0 Å². The van der Waals surface area contributed by atoms with E-state index in [-0.39, 0.29) is 24.2 Å². The van der Waals surface area contributed by atoms with E-state index in [1.807, 2.05) is 27.7 Å². The summed E-state index contributed by atoms with van der Waals surface area (Å²) in [6, 6.07) is 0. The smallest absolute Gasteiger partial charge is 0.303 e. The molecule has 1 rings (SSSR count). The highest BCUT2D eigenvalue weighted by Gasteiger charge is 2.21. The van der Waals surface area contributed by atoms with Crippen molar-refractivity contribution in [1.29, 1.82) is 0 Å². The minimum atomic E-state index is -0.836. The van der Waals surface area contributed by atoms with Crippen LogP contribution in [0.3, 0.4) is 0 Å². The standard InChI is InChI=1S/C14H23N3O3S/c1-8(2)5-10(6-11(18)19)7-15-14(20)13-12(9(3)4)16-17-21-13/h8-10H,5-7H2,1-4H3,(H,15,20)(H,18,19)/t10-/m0/s1. The van der Waals surface area contributed by atoms with Crippen LogP contribution >= 0.6 is 11.5 Å². The first-order chi connectivity index (χ1) is 9.81. The predicted octanol–water partition coefficient (Wildman–Crippen LogP) is 2.53. The predicted molar refractivity (Wildman–Crippen MR) is 81.5 cm³/mol. The highest BCUT2D eigenvalue weighted by molar-refractivity contribution is 7.08. The second kappa shape index (κ2) is 8.07. The van der Waals surface area contributed by atoms with Crippen molar-refractivity contribution in [2.24, 2.45) is 11.8 Å². The van der Waals surface area contributed by atoms with Gasteiger partial charge in [0, 0.05) is 13.0 Å². The zero-order valence-electron chi connectivity index (χ0n) is 12.9. The lowest BCUT2D eigenvalue weighted by atomic mass is 9.94. The number of carbonyl (C=O) groups excluding carboxylic acids is 1. The topological polar surface area (TPSA) is 92.2 Å². The van der Waals surface area contributed by atoms with E-state index in [2.05, 4.69) is 14.9 Å². The second-order valence-corrected chi connectivity index (χ2v) is 6.70. The molecule has 0 bridgehead atoms. The average molecular weight is 313 g/mol. The molecular weight excluding hydrogens is 290 g/mol. The molecule has 1 amide bonds. The lowest BCUT2D eigenvalue weighted by Crippen LogP contribution is -2.31. The molecule has 0 saturated carbocycles. The van der Waals surface area contributed by atoms with Gasteiger partial charge in [-0.25, -0.2) is 0 Å². The van der Waals surface area contributed by atoms with E-state index in [9.17, 15) is 9.59 Å². The first kappa shape index (κ1) is 17.6. The number of carboxylic acid groups (broad SMARTS) is 1. The SMILES string of the molecule is CC(C)C[C@H](CNC(=O)c1snnc1C(C)C)CC(=O)O. The Labute approximate surface area is 129 Å². The van der Waals surface area contributed by atoms with Crippen LogP contribution in [-0.2, 0) is 4.79 Å². The molecule has 1 aromatic heterocycles. The minimum Gasteiger partial charge on any atom is -0.481 e. The summed E-state index contributed by atoms with van der Waals surface area (Å²) >= 11 is 1.08. The van der Waals surface area contributed by atoms with Crippen LogP contribution in [0, 0.1) is 11.8 Å². The number of carboxylic acids is 1. The lowest BCUT2D eigenvalue weighted by Gasteiger charge is -2.17. The van der Waals surface area contributed by atoms with Crippen molar-refractivity contribution in [3.63, 3.8) is 0 Å². The fourth-order valence-corrected chi connectivity index (χ4v) is 2.94. The highest BCUT2D eigenvalue weighted by atomic mass is 32.1. The summed E-state index contributed by atoms with van der Waals surface area (Å²) in [6.07, 6.45) is 0.834. The van der Waals surface area contributed by atoms with E-state index in [1.165, 1.54) is 0 Å². The van der Waals surface area contributed by atoms with Gasteiger partial charge in [0.05, 0.1) is 5.69 Å². The maximum absolute atomic E-state index is 12.2. The fourth-order valence-electron chi connectivity index (χ4n) is 2.20. The summed E-state index contributed by atoms with van der Waals surface area (Å²) in [6.45, 7) is 8.36. The maximum Gasteiger partial charge on any atom is 0.303 e. The maximum atomic E-state index is 12.2. The Morgan fingerprint density at radius 3 is 2.48 bits per heavy atom. The zero-order valence-corrected chi connectivity index (χ0v) is 13.7. The van der Waals surface area contributed by atoms with Crippen molar-refractivity contribution >= 4 is 23.4 Å². The number of hydrogen-bond acceptors (Lipinski definition) is 5. The van der Waals surface area contributed by atoms with E-state index in [1.54, 1.807) is 0 Å². The van der Waals surface area contributed by atoms with Crippen molar-refractivity contribution in [3.05, 3.63) is 10.6 Å². The molecule has 2 N–H and O–H groups in total. The Hall–Kier alpha value is -1.50. The number of rotatable bonds is 8. The van der Waals surface area contributed by atoms with Gasteiger partial charge in [-0.3, -0.25) is 9.59 Å². The summed E-state index contributed by atoms with van der Waals surface area (Å²) in [7, 11) is 0. The van der Waals surface area contributed by atoms with Crippen LogP contribution in [0.4, 0.5) is 0 Å². The molecule has 0 aromatic carbocycles. The van der Waals surface area contributed by atoms with E-state index >= 15 is 0 Å². The molecule has 0 fully saturated rings. The molecule has 7 heteroatoms. The number of aromatic nitrogens is 2. The van der Waals surface area contributed by atoms with E-state index < -0.39 is 5.97 Å². The van der Waals surface area contributed by atoms with Crippen LogP contribution in [0.15, 0.2) is 0 Å². The number of nitrogens with one attached hydrogen (secondary N) is 1. The Balaban J connectivity index is 2.64. The van der Waals surface area contributed by atoms with Gasteiger partial charge in [0.25, 0.3) is 5.91 Å². The summed E-state index contributed by atoms with van der Waals surface area (Å²) < 4.78 is 3.83. The normalized spacial score (nSPS) is 12.7. The first-order valence-electron chi connectivity index (χ1n) is 7.13. The third-order valence-electron chi connectivity index (χ3n) is 3.09. The summed E-state index contributed by atoms with van der Waals surface area (Å²) in [5.41, 5.74) is 0.691. The largest absolute Gasteiger partial charge is 0.481 e. The molecule has 0 aliphatic heterocycles. The third-order valence-corrected chi connectivity index (χ3v) is 3.83. The van der Waals surface area contributed by atoms with Gasteiger partial charge >= 0.3 is 5.97 Å². The van der Waals surface area contributed by atoms with Gasteiger partial charge in [0.2, 0.25) is 0 Å². The van der Waals surface area contributed by atoms with E-state index in [0.717, 1.165) is 18.0 Å². The van der Waals surface area contributed by atoms with Crippen molar-refractivity contribution in [1.82, 2.24) is 14.9 Å². The molecule has 1 atom stereocenters. The monoisotopic (exact) mass is 313 g/mol. The molecule has 0 aliphatic carbocycles. The number of nitrogens with zero attached hydrogens (tertiary/aromatic N) is 2. The summed E-state index contributed by atoms with van der Waals surface area (Å²) in [5.74, 6) is -0.586. The summed E-state index contributed by atoms with van der Waals surface area (Å²) in [5, 5.41) is 15.7. The number of aliphatic carboxylic acids is 1. The van der Waals surface area contributed by atoms with Crippen molar-refractivity contribution < 1.29 is 14.7 Å². The van der Waals surface area contributed by atoms with Gasteiger partial charge in [0.1, 0.15) is 4.88 Å². The van der Waals surface area contributed by atoms with Crippen LogP contribution in [0.25, 0.3) is 0 Å². The second-order valence-electron chi connectivity index (χ2n) is 5.95. The molecule has 6 nitrogen and oxygen atoms in total. The third kappa shape index (κ3) is 5.79. The molecule has 0 aliphatic rings. The fraction of sp³-hybridized carbons (Fsp3) is 0.714. The molecule has 1 heterocycles. The molecule has 118 valence electrons. The zero-order chi connectivity index (χ0) is 16.0. The Bertz CT molecular complexity index is 486. The van der Waals surface area contributed by atoms with Gasteiger partial charge in [0.15, 0.2) is 0 Å². The number of hydrogen-bond donors (Lipinski definition) is 2. The van der Waals surface area contributed by atoms with Crippen LogP contribution in [0.2, 0.25) is 0 Å². The molecule has 0 spiro atoms. The van der Waals surface area contributed by atoms with Gasteiger partial charge < -0.3 is 10.4 Å². The molecule has 1 aromatic rings. The van der Waals surface area contributed by atoms with Crippen molar-refractivity contribution in [3.8, 4) is 0 Å². The molecule has 0 radical (unpaired) electrons. The highest BCUT2D eigenvalue weighted by Crippen LogP contribution is 2.20. The van der Waals surface area contributed by atoms with Crippen molar-refractivity contribution in [2.45, 2.75) is 46.5 Å². The quantitative estimate of drug-likeness (QED) is 0.769. The Morgan fingerprint density at radius 2 is 1.95 bits per heavy atom. The van der Waals surface area contributed by atoms with E-state index in [4.69, 9.17) is 5.11 Å². The van der Waals surface area contributed by atoms with Crippen LogP contribution in [-0.4, -0.2) is 33.1 Å². The summed E-state index contributed by atoms with van der Waals surface area (Å²) in [4.78, 5) is 23.6. The van der Waals surface area contributed by atoms with Crippen molar-refractivity contribution in [2.75, 3.05) is 6.54 Å². The average Bonchev–Trinajstić information content (AvgIpc) is 2.83. The molecular formula is C14H23N3O3S. The van der Waals surface area contributed by atoms with Crippen LogP contribution in [0.1, 0.15) is 61.8 Å². The Morgan fingerprint density at radius 1 is 1.29 bits per heavy atom. The van der Waals surface area contributed by atoms with E-state index in [0.29, 0.717) is 23.0 Å². The molecule has 0 unspecified atom stereocenters. The lowest BCUT2D eigenvalue weighted by molar-refractivity contribution is -0.138. The van der Waals surface area contributed by atoms with Gasteiger partial charge in [-0.15, -0.1) is 5.10 Å². The van der Waals surface area contributed by atoms with Gasteiger partial charge in [-0.2, -0.15) is 0 Å². The van der Waals surface area contributed by atoms with Gasteiger partial charge in [-0.05, 0) is 35.7 Å². The first-order valence-corrected chi connectivity index (χ1v) is 7.90. The Kier molecular flexibility index (Phi) is 6.74. The van der Waals surface area contributed by atoms with Gasteiger partial charge in [-0.1, -0.05) is 32.2 Å². The minimum absolute atomic E-state index is 0.0603. The number of carbonyl (C=O) groups is 2.